The fourth-order valence-electron chi connectivity index (χ4n) is 2.27. The molecule has 0 amide bonds. The maximum absolute atomic E-state index is 9.97. The number of anilines is 1. The average molecular weight is 297 g/mol. The summed E-state index contributed by atoms with van der Waals surface area (Å²) in [5.74, 6) is 0. The topological polar surface area (TPSA) is 35.5 Å². The van der Waals surface area contributed by atoms with Crippen LogP contribution in [0.25, 0.3) is 0 Å². The summed E-state index contributed by atoms with van der Waals surface area (Å²) in [6.45, 7) is 8.01. The van der Waals surface area contributed by atoms with Gasteiger partial charge in [0.2, 0.25) is 0 Å². The summed E-state index contributed by atoms with van der Waals surface area (Å²) in [7, 11) is 0. The summed E-state index contributed by atoms with van der Waals surface area (Å²) < 4.78 is 0. The van der Waals surface area contributed by atoms with Crippen molar-refractivity contribution in [2.45, 2.75) is 51.8 Å². The van der Waals surface area contributed by atoms with Crippen molar-refractivity contribution in [3.8, 4) is 0 Å². The Morgan fingerprint density at radius 1 is 1.40 bits per heavy atom. The van der Waals surface area contributed by atoms with E-state index in [9.17, 15) is 5.11 Å². The molecule has 0 saturated heterocycles. The van der Waals surface area contributed by atoms with E-state index >= 15 is 0 Å². The maximum atomic E-state index is 9.97. The van der Waals surface area contributed by atoms with Crippen molar-refractivity contribution in [3.63, 3.8) is 0 Å². The molecule has 1 aliphatic carbocycles. The van der Waals surface area contributed by atoms with Crippen molar-refractivity contribution in [1.82, 2.24) is 5.32 Å². The maximum Gasteiger partial charge on any atom is 0.0765 e. The number of nitrogens with one attached hydrogen (secondary N) is 1. The highest BCUT2D eigenvalue weighted by atomic mass is 35.5. The van der Waals surface area contributed by atoms with Crippen molar-refractivity contribution < 1.29 is 5.11 Å². The van der Waals surface area contributed by atoms with Gasteiger partial charge in [-0.25, -0.2) is 0 Å². The van der Waals surface area contributed by atoms with Gasteiger partial charge >= 0.3 is 0 Å². The minimum Gasteiger partial charge on any atom is -0.389 e. The third-order valence-corrected chi connectivity index (χ3v) is 3.87. The predicted molar refractivity (Wildman–Crippen MR) is 85.5 cm³/mol. The Morgan fingerprint density at radius 3 is 2.60 bits per heavy atom. The molecular weight excluding hydrogens is 272 g/mol. The summed E-state index contributed by atoms with van der Waals surface area (Å²) in [5, 5.41) is 14.2. The van der Waals surface area contributed by atoms with Crippen molar-refractivity contribution >= 4 is 17.3 Å². The molecule has 1 fully saturated rings. The van der Waals surface area contributed by atoms with Crippen molar-refractivity contribution in [2.24, 2.45) is 0 Å². The molecule has 0 aliphatic heterocycles. The van der Waals surface area contributed by atoms with Crippen LogP contribution in [0.1, 0.15) is 39.2 Å². The van der Waals surface area contributed by atoms with E-state index in [1.165, 1.54) is 12.8 Å². The monoisotopic (exact) mass is 296 g/mol. The molecule has 1 aliphatic rings. The van der Waals surface area contributed by atoms with Crippen LogP contribution < -0.4 is 10.2 Å². The standard InChI is InChI=1S/C16H25ClN2O/c1-4-19(11-16(2,3)20)14-8-5-12(15(17)9-14)10-18-13-6-7-13/h5,8-9,13,18,20H,4,6-7,10-11H2,1-3H3. The number of likely N-dealkylation sites (N-methyl/N-ethyl adjacent to an activating group) is 1. The molecule has 0 heterocycles. The normalized spacial score (nSPS) is 15.4. The van der Waals surface area contributed by atoms with E-state index < -0.39 is 5.60 Å². The molecular formula is C16H25ClN2O. The molecule has 112 valence electrons. The van der Waals surface area contributed by atoms with Gasteiger partial charge in [0.05, 0.1) is 5.60 Å². The Morgan fingerprint density at radius 2 is 2.10 bits per heavy atom. The number of aliphatic hydroxyl groups is 1. The van der Waals surface area contributed by atoms with Gasteiger partial charge in [0.25, 0.3) is 0 Å². The SMILES string of the molecule is CCN(CC(C)(C)O)c1ccc(CNC2CC2)c(Cl)c1. The first-order chi connectivity index (χ1) is 9.39. The molecule has 20 heavy (non-hydrogen) atoms. The lowest BCUT2D eigenvalue weighted by Crippen LogP contribution is -2.38. The Labute approximate surface area is 126 Å². The average Bonchev–Trinajstić information content (AvgIpc) is 3.17. The van der Waals surface area contributed by atoms with E-state index in [4.69, 9.17) is 11.6 Å². The van der Waals surface area contributed by atoms with Gasteiger partial charge in [0, 0.05) is 36.4 Å². The summed E-state index contributed by atoms with van der Waals surface area (Å²) in [6, 6.07) is 6.86. The molecule has 2 rings (SSSR count). The van der Waals surface area contributed by atoms with Gasteiger partial charge < -0.3 is 15.3 Å². The Balaban J connectivity index is 2.05. The zero-order chi connectivity index (χ0) is 14.8. The van der Waals surface area contributed by atoms with Gasteiger partial charge in [0.15, 0.2) is 0 Å². The smallest absolute Gasteiger partial charge is 0.0765 e. The van der Waals surface area contributed by atoms with Crippen LogP contribution in [0.5, 0.6) is 0 Å². The molecule has 0 unspecified atom stereocenters. The zero-order valence-electron chi connectivity index (χ0n) is 12.6. The molecule has 2 N–H and O–H groups in total. The quantitative estimate of drug-likeness (QED) is 0.811. The minimum absolute atomic E-state index is 0.597. The largest absolute Gasteiger partial charge is 0.389 e. The van der Waals surface area contributed by atoms with Gasteiger partial charge in [-0.3, -0.25) is 0 Å². The van der Waals surface area contributed by atoms with Crippen LogP contribution in [0, 0.1) is 0 Å². The number of rotatable bonds is 7. The lowest BCUT2D eigenvalue weighted by atomic mass is 10.1. The van der Waals surface area contributed by atoms with Crippen LogP contribution >= 0.6 is 11.6 Å². The Kier molecular flexibility index (Phi) is 4.95. The fourth-order valence-corrected chi connectivity index (χ4v) is 2.51. The van der Waals surface area contributed by atoms with Gasteiger partial charge in [-0.1, -0.05) is 17.7 Å². The highest BCUT2D eigenvalue weighted by Crippen LogP contribution is 2.26. The van der Waals surface area contributed by atoms with Crippen LogP contribution in [0.2, 0.25) is 5.02 Å². The summed E-state index contributed by atoms with van der Waals surface area (Å²) in [5.41, 5.74) is 1.49. The number of nitrogens with zero attached hydrogens (tertiary/aromatic N) is 1. The van der Waals surface area contributed by atoms with Gasteiger partial charge in [-0.05, 0) is 51.3 Å². The molecule has 1 aromatic carbocycles. The summed E-state index contributed by atoms with van der Waals surface area (Å²) in [6.07, 6.45) is 2.57. The molecule has 0 spiro atoms. The third-order valence-electron chi connectivity index (χ3n) is 3.52. The van der Waals surface area contributed by atoms with Crippen molar-refractivity contribution in [2.75, 3.05) is 18.0 Å². The predicted octanol–water partition coefficient (Wildman–Crippen LogP) is 3.19. The van der Waals surface area contributed by atoms with E-state index in [1.54, 1.807) is 0 Å². The number of hydrogen-bond acceptors (Lipinski definition) is 3. The highest BCUT2D eigenvalue weighted by molar-refractivity contribution is 6.31. The van der Waals surface area contributed by atoms with Crippen LogP contribution in [-0.4, -0.2) is 29.8 Å². The lowest BCUT2D eigenvalue weighted by molar-refractivity contribution is 0.0876. The molecule has 1 aromatic rings. The Hall–Kier alpha value is -0.770. The molecule has 0 atom stereocenters. The minimum atomic E-state index is -0.714. The number of halogens is 1. The first-order valence-electron chi connectivity index (χ1n) is 7.38. The van der Waals surface area contributed by atoms with Crippen molar-refractivity contribution in [3.05, 3.63) is 28.8 Å². The van der Waals surface area contributed by atoms with E-state index in [2.05, 4.69) is 29.3 Å². The van der Waals surface area contributed by atoms with Crippen molar-refractivity contribution in [1.29, 1.82) is 0 Å². The van der Waals surface area contributed by atoms with Gasteiger partial charge in [-0.15, -0.1) is 0 Å². The Bertz CT molecular complexity index is 452. The highest BCUT2D eigenvalue weighted by Gasteiger charge is 2.21. The third kappa shape index (κ3) is 4.65. The fraction of sp³-hybridized carbons (Fsp3) is 0.625. The molecule has 3 nitrogen and oxygen atoms in total. The van der Waals surface area contributed by atoms with Gasteiger partial charge in [0.1, 0.15) is 0 Å². The van der Waals surface area contributed by atoms with E-state index in [-0.39, 0.29) is 0 Å². The van der Waals surface area contributed by atoms with Gasteiger partial charge in [-0.2, -0.15) is 0 Å². The van der Waals surface area contributed by atoms with E-state index in [0.29, 0.717) is 12.6 Å². The first-order valence-corrected chi connectivity index (χ1v) is 7.76. The number of benzene rings is 1. The van der Waals surface area contributed by atoms with Crippen LogP contribution in [0.3, 0.4) is 0 Å². The van der Waals surface area contributed by atoms with Crippen LogP contribution in [0.4, 0.5) is 5.69 Å². The second kappa shape index (κ2) is 6.33. The molecule has 4 heteroatoms. The molecule has 0 radical (unpaired) electrons. The van der Waals surface area contributed by atoms with E-state index in [1.807, 2.05) is 19.9 Å². The van der Waals surface area contributed by atoms with Crippen LogP contribution in [0.15, 0.2) is 18.2 Å². The molecule has 0 aromatic heterocycles. The second-order valence-electron chi connectivity index (χ2n) is 6.26. The lowest BCUT2D eigenvalue weighted by Gasteiger charge is -2.30. The molecule has 1 saturated carbocycles. The molecule has 0 bridgehead atoms. The summed E-state index contributed by atoms with van der Waals surface area (Å²) in [4.78, 5) is 2.14. The number of hydrogen-bond donors (Lipinski definition) is 2. The van der Waals surface area contributed by atoms with E-state index in [0.717, 1.165) is 29.4 Å². The summed E-state index contributed by atoms with van der Waals surface area (Å²) >= 11 is 6.38. The first kappa shape index (κ1) is 15.6. The zero-order valence-corrected chi connectivity index (χ0v) is 13.4. The second-order valence-corrected chi connectivity index (χ2v) is 6.66. The van der Waals surface area contributed by atoms with Crippen LogP contribution in [-0.2, 0) is 6.54 Å².